The number of carbonyl (C=O) groups is 2. The van der Waals surface area contributed by atoms with Crippen molar-refractivity contribution in [3.8, 4) is 0 Å². The fourth-order valence-corrected chi connectivity index (χ4v) is 3.45. The first-order chi connectivity index (χ1) is 11.7. The van der Waals surface area contributed by atoms with Gasteiger partial charge >= 0.3 is 5.97 Å². The highest BCUT2D eigenvalue weighted by atomic mass is 19.1. The number of aliphatic carboxylic acids is 1. The largest absolute Gasteiger partial charge is 0.480 e. The summed E-state index contributed by atoms with van der Waals surface area (Å²) in [5.41, 5.74) is 0.0724. The van der Waals surface area contributed by atoms with Gasteiger partial charge in [-0.3, -0.25) is 14.5 Å². The predicted octanol–water partition coefficient (Wildman–Crippen LogP) is 2.50. The number of benzene rings is 1. The molecular weight excluding hydrogens is 323 g/mol. The van der Waals surface area contributed by atoms with Gasteiger partial charge in [-0.1, -0.05) is 12.1 Å². The zero-order valence-electron chi connectivity index (χ0n) is 15.2. The van der Waals surface area contributed by atoms with Crippen LogP contribution in [0.3, 0.4) is 0 Å². The molecule has 1 aromatic rings. The van der Waals surface area contributed by atoms with E-state index in [0.29, 0.717) is 13.1 Å². The Kier molecular flexibility index (Phi) is 6.16. The minimum atomic E-state index is -0.836. The van der Waals surface area contributed by atoms with Crippen LogP contribution in [0.2, 0.25) is 0 Å². The Hall–Kier alpha value is -1.95. The number of rotatable bonds is 5. The lowest BCUT2D eigenvalue weighted by Crippen LogP contribution is -2.44. The highest BCUT2D eigenvalue weighted by Crippen LogP contribution is 2.27. The van der Waals surface area contributed by atoms with Gasteiger partial charge < -0.3 is 10.0 Å². The van der Waals surface area contributed by atoms with E-state index in [9.17, 15) is 14.0 Å². The van der Waals surface area contributed by atoms with E-state index in [2.05, 4.69) is 0 Å². The quantitative estimate of drug-likeness (QED) is 0.886. The van der Waals surface area contributed by atoms with Crippen LogP contribution in [-0.4, -0.2) is 59.5 Å². The van der Waals surface area contributed by atoms with Gasteiger partial charge in [-0.05, 0) is 57.9 Å². The Bertz CT molecular complexity index is 616. The molecule has 1 fully saturated rings. The van der Waals surface area contributed by atoms with Crippen LogP contribution in [0.1, 0.15) is 38.7 Å². The van der Waals surface area contributed by atoms with Crippen molar-refractivity contribution in [3.05, 3.63) is 35.6 Å². The van der Waals surface area contributed by atoms with E-state index in [1.54, 1.807) is 12.1 Å². The van der Waals surface area contributed by atoms with Crippen LogP contribution < -0.4 is 0 Å². The van der Waals surface area contributed by atoms with Crippen LogP contribution in [0.5, 0.6) is 0 Å². The lowest BCUT2D eigenvalue weighted by atomic mass is 9.83. The lowest BCUT2D eigenvalue weighted by Gasteiger charge is -2.32. The van der Waals surface area contributed by atoms with Gasteiger partial charge in [0.25, 0.3) is 0 Å². The summed E-state index contributed by atoms with van der Waals surface area (Å²) in [5.74, 6) is -1.12. The van der Waals surface area contributed by atoms with E-state index in [4.69, 9.17) is 5.11 Å². The molecule has 1 atom stereocenters. The first kappa shape index (κ1) is 19.4. The van der Waals surface area contributed by atoms with E-state index < -0.39 is 11.4 Å². The number of hydrogen-bond acceptors (Lipinski definition) is 3. The van der Waals surface area contributed by atoms with Crippen molar-refractivity contribution in [2.24, 2.45) is 0 Å². The smallest absolute Gasteiger partial charge is 0.317 e. The van der Waals surface area contributed by atoms with Gasteiger partial charge in [0, 0.05) is 19.1 Å². The van der Waals surface area contributed by atoms with Gasteiger partial charge in [0.15, 0.2) is 0 Å². The Labute approximate surface area is 148 Å². The molecule has 2 rings (SSSR count). The molecule has 0 aliphatic carbocycles. The van der Waals surface area contributed by atoms with E-state index in [-0.39, 0.29) is 24.3 Å². The molecule has 1 aromatic carbocycles. The maximum Gasteiger partial charge on any atom is 0.317 e. The number of halogens is 1. The monoisotopic (exact) mass is 350 g/mol. The Morgan fingerprint density at radius 2 is 1.88 bits per heavy atom. The third kappa shape index (κ3) is 4.78. The molecule has 0 spiro atoms. The zero-order chi connectivity index (χ0) is 18.6. The van der Waals surface area contributed by atoms with Gasteiger partial charge in [0.05, 0.1) is 12.0 Å². The summed E-state index contributed by atoms with van der Waals surface area (Å²) in [7, 11) is 1.82. The maximum absolute atomic E-state index is 13.2. The summed E-state index contributed by atoms with van der Waals surface area (Å²) in [6.07, 6.45) is 2.49. The number of likely N-dealkylation sites (tertiary alicyclic amines) is 1. The molecule has 138 valence electrons. The van der Waals surface area contributed by atoms with E-state index in [1.165, 1.54) is 12.1 Å². The third-order valence-corrected chi connectivity index (χ3v) is 5.09. The molecule has 1 aliphatic heterocycles. The Morgan fingerprint density at radius 1 is 1.24 bits per heavy atom. The van der Waals surface area contributed by atoms with Crippen molar-refractivity contribution in [1.82, 2.24) is 9.80 Å². The molecule has 1 heterocycles. The average molecular weight is 350 g/mol. The van der Waals surface area contributed by atoms with Crippen molar-refractivity contribution in [2.75, 3.05) is 26.7 Å². The molecule has 0 aromatic heterocycles. The minimum absolute atomic E-state index is 0.0136. The SMILES string of the molecule is CN(CC(=O)O)C1CCCN(C(=O)C(C)(C)c2ccc(F)cc2)CC1. The van der Waals surface area contributed by atoms with Crippen molar-refractivity contribution >= 4 is 11.9 Å². The van der Waals surface area contributed by atoms with E-state index in [1.807, 2.05) is 30.7 Å². The summed E-state index contributed by atoms with van der Waals surface area (Å²) in [5, 5.41) is 8.94. The number of amides is 1. The molecular formula is C19H27FN2O3. The van der Waals surface area contributed by atoms with Crippen LogP contribution in [0, 0.1) is 5.82 Å². The minimum Gasteiger partial charge on any atom is -0.480 e. The molecule has 0 saturated carbocycles. The summed E-state index contributed by atoms with van der Waals surface area (Å²) < 4.78 is 13.2. The van der Waals surface area contributed by atoms with Crippen LogP contribution in [0.15, 0.2) is 24.3 Å². The van der Waals surface area contributed by atoms with E-state index in [0.717, 1.165) is 24.8 Å². The van der Waals surface area contributed by atoms with Crippen LogP contribution in [0.25, 0.3) is 0 Å². The number of carboxylic acid groups (broad SMARTS) is 1. The normalized spacial score (nSPS) is 18.9. The zero-order valence-corrected chi connectivity index (χ0v) is 15.2. The lowest BCUT2D eigenvalue weighted by molar-refractivity contribution is -0.139. The summed E-state index contributed by atoms with van der Waals surface area (Å²) in [6.45, 7) is 5.02. The second-order valence-electron chi connectivity index (χ2n) is 7.32. The molecule has 0 bridgehead atoms. The Morgan fingerprint density at radius 3 is 2.48 bits per heavy atom. The number of carbonyl (C=O) groups excluding carboxylic acids is 1. The van der Waals surface area contributed by atoms with Gasteiger partial charge in [0.2, 0.25) is 5.91 Å². The third-order valence-electron chi connectivity index (χ3n) is 5.09. The molecule has 1 amide bonds. The van der Waals surface area contributed by atoms with Crippen molar-refractivity contribution in [3.63, 3.8) is 0 Å². The van der Waals surface area contributed by atoms with Crippen molar-refractivity contribution in [1.29, 1.82) is 0 Å². The van der Waals surface area contributed by atoms with Gasteiger partial charge in [-0.15, -0.1) is 0 Å². The Balaban J connectivity index is 2.04. The second kappa shape index (κ2) is 7.95. The molecule has 1 unspecified atom stereocenters. The summed E-state index contributed by atoms with van der Waals surface area (Å²) in [4.78, 5) is 27.6. The number of carboxylic acids is 1. The molecule has 1 aliphatic rings. The van der Waals surface area contributed by atoms with Crippen molar-refractivity contribution in [2.45, 2.75) is 44.6 Å². The standard InChI is InChI=1S/C19H27FN2O3/c1-19(2,14-6-8-15(20)9-7-14)18(25)22-11-4-5-16(10-12-22)21(3)13-17(23)24/h6-9,16H,4-5,10-13H2,1-3H3,(H,23,24). The molecule has 1 saturated heterocycles. The molecule has 25 heavy (non-hydrogen) atoms. The summed E-state index contributed by atoms with van der Waals surface area (Å²) >= 11 is 0. The number of likely N-dealkylation sites (N-methyl/N-ethyl adjacent to an activating group) is 1. The topological polar surface area (TPSA) is 60.9 Å². The van der Waals surface area contributed by atoms with Gasteiger partial charge in [-0.2, -0.15) is 0 Å². The van der Waals surface area contributed by atoms with Gasteiger partial charge in [0.1, 0.15) is 5.82 Å². The summed E-state index contributed by atoms with van der Waals surface area (Å²) in [6, 6.07) is 6.25. The van der Waals surface area contributed by atoms with E-state index >= 15 is 0 Å². The highest BCUT2D eigenvalue weighted by Gasteiger charge is 2.35. The maximum atomic E-state index is 13.2. The first-order valence-electron chi connectivity index (χ1n) is 8.69. The molecule has 1 N–H and O–H groups in total. The first-order valence-corrected chi connectivity index (χ1v) is 8.69. The fourth-order valence-electron chi connectivity index (χ4n) is 3.45. The second-order valence-corrected chi connectivity index (χ2v) is 7.32. The van der Waals surface area contributed by atoms with Gasteiger partial charge in [-0.25, -0.2) is 4.39 Å². The molecule has 6 heteroatoms. The fraction of sp³-hybridized carbons (Fsp3) is 0.579. The highest BCUT2D eigenvalue weighted by molar-refractivity contribution is 5.87. The van der Waals surface area contributed by atoms with Crippen molar-refractivity contribution < 1.29 is 19.1 Å². The van der Waals surface area contributed by atoms with Crippen LogP contribution in [0.4, 0.5) is 4.39 Å². The molecule has 5 nitrogen and oxygen atoms in total. The molecule has 0 radical (unpaired) electrons. The van der Waals surface area contributed by atoms with Crippen LogP contribution in [-0.2, 0) is 15.0 Å². The number of hydrogen-bond donors (Lipinski definition) is 1. The number of nitrogens with zero attached hydrogens (tertiary/aromatic N) is 2. The van der Waals surface area contributed by atoms with Crippen LogP contribution >= 0.6 is 0 Å². The predicted molar refractivity (Wildman–Crippen MR) is 93.9 cm³/mol. The average Bonchev–Trinajstić information content (AvgIpc) is 2.80.